The van der Waals surface area contributed by atoms with Gasteiger partial charge in [0.05, 0.1) is 11.7 Å². The van der Waals surface area contributed by atoms with Crippen LogP contribution in [-0.4, -0.2) is 27.0 Å². The Morgan fingerprint density at radius 3 is 2.48 bits per heavy atom. The Morgan fingerprint density at radius 2 is 1.76 bits per heavy atom. The molecular formula is C24H34O5. The van der Waals surface area contributed by atoms with Crippen molar-refractivity contribution in [1.29, 1.82) is 0 Å². The van der Waals surface area contributed by atoms with Gasteiger partial charge in [-0.3, -0.25) is 0 Å². The number of hydrogen-bond acceptors (Lipinski definition) is 5. The van der Waals surface area contributed by atoms with E-state index < -0.39 is 22.2 Å². The first-order chi connectivity index (χ1) is 13.6. The minimum atomic E-state index is -1.19. The quantitative estimate of drug-likeness (QED) is 0.670. The molecule has 1 aromatic heterocycles. The summed E-state index contributed by atoms with van der Waals surface area (Å²) in [6, 6.07) is 3.02. The van der Waals surface area contributed by atoms with Gasteiger partial charge >= 0.3 is 5.63 Å². The van der Waals surface area contributed by atoms with Crippen molar-refractivity contribution in [3.63, 3.8) is 0 Å². The Kier molecular flexibility index (Phi) is 4.21. The molecule has 0 aromatic carbocycles. The van der Waals surface area contributed by atoms with Crippen molar-refractivity contribution in [2.75, 3.05) is 0 Å². The van der Waals surface area contributed by atoms with Crippen LogP contribution in [0.1, 0.15) is 77.2 Å². The molecule has 3 N–H and O–H groups in total. The van der Waals surface area contributed by atoms with Gasteiger partial charge in [-0.15, -0.1) is 0 Å². The summed E-state index contributed by atoms with van der Waals surface area (Å²) in [6.07, 6.45) is 8.80. The van der Waals surface area contributed by atoms with E-state index in [0.717, 1.165) is 44.9 Å². The van der Waals surface area contributed by atoms with Crippen LogP contribution in [0.5, 0.6) is 0 Å². The van der Waals surface area contributed by atoms with E-state index >= 15 is 0 Å². The Hall–Kier alpha value is -1.17. The van der Waals surface area contributed by atoms with Gasteiger partial charge in [-0.1, -0.05) is 13.8 Å². The second kappa shape index (κ2) is 6.18. The topological polar surface area (TPSA) is 90.9 Å². The van der Waals surface area contributed by atoms with Crippen LogP contribution in [0.15, 0.2) is 27.6 Å². The normalized spacial score (nSPS) is 51.8. The van der Waals surface area contributed by atoms with Crippen LogP contribution in [0.25, 0.3) is 0 Å². The van der Waals surface area contributed by atoms with Crippen LogP contribution >= 0.6 is 0 Å². The highest BCUT2D eigenvalue weighted by atomic mass is 16.4. The van der Waals surface area contributed by atoms with E-state index in [1.54, 1.807) is 6.07 Å². The van der Waals surface area contributed by atoms with Gasteiger partial charge in [0.25, 0.3) is 0 Å². The second-order valence-electron chi connectivity index (χ2n) is 10.9. The molecule has 0 amide bonds. The van der Waals surface area contributed by atoms with Crippen molar-refractivity contribution in [2.45, 2.75) is 88.9 Å². The van der Waals surface area contributed by atoms with Crippen molar-refractivity contribution in [3.05, 3.63) is 34.4 Å². The van der Waals surface area contributed by atoms with Crippen LogP contribution in [0.3, 0.4) is 0 Å². The molecule has 0 aliphatic heterocycles. The average Bonchev–Trinajstić information content (AvgIpc) is 2.91. The standard InChI is InChI=1S/C24H34O5/c1-21-9-7-17(25)13-15(21)3-5-19-18(21)8-10-22(2)23(27,11-12-24(19,22)28)16-4-6-20(26)29-14-16/h4,6,14-15,17-19,25,27-28H,3,5,7-13H2,1-2H3/t15-,17+,18+,19-,21+,22-,23+,24+/m1/s1. The van der Waals surface area contributed by atoms with Gasteiger partial charge in [-0.05, 0) is 87.0 Å². The molecule has 0 spiro atoms. The summed E-state index contributed by atoms with van der Waals surface area (Å²) in [5.41, 5.74) is -2.44. The van der Waals surface area contributed by atoms with Gasteiger partial charge in [0.15, 0.2) is 0 Å². The molecule has 0 bridgehead atoms. The van der Waals surface area contributed by atoms with Gasteiger partial charge in [-0.2, -0.15) is 0 Å². The smallest absolute Gasteiger partial charge is 0.335 e. The van der Waals surface area contributed by atoms with Crippen LogP contribution in [0.4, 0.5) is 0 Å². The van der Waals surface area contributed by atoms with Gasteiger partial charge < -0.3 is 19.7 Å². The highest BCUT2D eigenvalue weighted by Crippen LogP contribution is 2.71. The molecule has 1 heterocycles. The van der Waals surface area contributed by atoms with E-state index in [1.165, 1.54) is 12.3 Å². The molecule has 4 saturated carbocycles. The molecule has 5 rings (SSSR count). The lowest BCUT2D eigenvalue weighted by atomic mass is 9.43. The molecule has 0 radical (unpaired) electrons. The molecule has 29 heavy (non-hydrogen) atoms. The zero-order chi connectivity index (χ0) is 20.7. The molecule has 4 aliphatic carbocycles. The fraction of sp³-hybridized carbons (Fsp3) is 0.792. The zero-order valence-electron chi connectivity index (χ0n) is 17.6. The molecule has 8 atom stereocenters. The highest BCUT2D eigenvalue weighted by Gasteiger charge is 2.72. The fourth-order valence-corrected chi connectivity index (χ4v) is 8.28. The van der Waals surface area contributed by atoms with E-state index in [9.17, 15) is 20.1 Å². The van der Waals surface area contributed by atoms with Gasteiger partial charge in [0, 0.05) is 17.0 Å². The van der Waals surface area contributed by atoms with Crippen molar-refractivity contribution in [2.24, 2.45) is 28.6 Å². The summed E-state index contributed by atoms with van der Waals surface area (Å²) in [6.45, 7) is 4.43. The monoisotopic (exact) mass is 402 g/mol. The third-order valence-electron chi connectivity index (χ3n) is 10.1. The minimum absolute atomic E-state index is 0.166. The molecule has 5 nitrogen and oxygen atoms in total. The Morgan fingerprint density at radius 1 is 0.966 bits per heavy atom. The molecule has 5 heteroatoms. The third kappa shape index (κ3) is 2.41. The van der Waals surface area contributed by atoms with Crippen molar-refractivity contribution in [3.8, 4) is 0 Å². The molecule has 4 aliphatic rings. The summed E-state index contributed by atoms with van der Waals surface area (Å²) >= 11 is 0. The van der Waals surface area contributed by atoms with Gasteiger partial charge in [-0.25, -0.2) is 4.79 Å². The first kappa shape index (κ1) is 19.8. The number of aliphatic hydroxyl groups is 3. The molecule has 0 unspecified atom stereocenters. The summed E-state index contributed by atoms with van der Waals surface area (Å²) in [7, 11) is 0. The van der Waals surface area contributed by atoms with Crippen molar-refractivity contribution in [1.82, 2.24) is 0 Å². The van der Waals surface area contributed by atoms with E-state index in [1.807, 2.05) is 6.92 Å². The Labute approximate surface area is 172 Å². The number of rotatable bonds is 1. The lowest BCUT2D eigenvalue weighted by molar-refractivity contribution is -0.238. The summed E-state index contributed by atoms with van der Waals surface area (Å²) in [4.78, 5) is 11.4. The lowest BCUT2D eigenvalue weighted by Gasteiger charge is -2.64. The van der Waals surface area contributed by atoms with E-state index in [2.05, 4.69) is 6.92 Å². The van der Waals surface area contributed by atoms with Crippen LogP contribution < -0.4 is 5.63 Å². The lowest BCUT2D eigenvalue weighted by Crippen LogP contribution is -2.64. The molecule has 160 valence electrons. The number of aliphatic hydroxyl groups excluding tert-OH is 1. The van der Waals surface area contributed by atoms with Crippen LogP contribution in [0.2, 0.25) is 0 Å². The third-order valence-corrected chi connectivity index (χ3v) is 10.1. The predicted octanol–water partition coefficient (Wildman–Crippen LogP) is 3.35. The SMILES string of the molecule is C[C@]12CC[C@H](O)C[C@H]1CC[C@@H]1[C@@H]2CC[C@]2(C)[C@@](O)(c3ccc(=O)oc3)CC[C@]12O. The van der Waals surface area contributed by atoms with E-state index in [0.29, 0.717) is 30.2 Å². The number of hydrogen-bond donors (Lipinski definition) is 3. The summed E-state index contributed by atoms with van der Waals surface area (Å²) in [5.74, 6) is 1.13. The Balaban J connectivity index is 1.52. The van der Waals surface area contributed by atoms with Crippen molar-refractivity contribution < 1.29 is 19.7 Å². The molecule has 1 aromatic rings. The maximum atomic E-state index is 12.2. The average molecular weight is 403 g/mol. The minimum Gasteiger partial charge on any atom is -0.431 e. The number of fused-ring (bicyclic) bond motifs is 5. The van der Waals surface area contributed by atoms with Gasteiger partial charge in [0.2, 0.25) is 0 Å². The fourth-order valence-electron chi connectivity index (χ4n) is 8.28. The largest absolute Gasteiger partial charge is 0.431 e. The zero-order valence-corrected chi connectivity index (χ0v) is 17.6. The first-order valence-electron chi connectivity index (χ1n) is 11.4. The maximum Gasteiger partial charge on any atom is 0.335 e. The van der Waals surface area contributed by atoms with Crippen molar-refractivity contribution >= 4 is 0 Å². The van der Waals surface area contributed by atoms with E-state index in [4.69, 9.17) is 4.42 Å². The summed E-state index contributed by atoms with van der Waals surface area (Å²) in [5, 5.41) is 34.2. The van der Waals surface area contributed by atoms with Crippen LogP contribution in [-0.2, 0) is 5.60 Å². The maximum absolute atomic E-state index is 12.2. The predicted molar refractivity (Wildman–Crippen MR) is 108 cm³/mol. The molecular weight excluding hydrogens is 368 g/mol. The molecule has 4 fully saturated rings. The van der Waals surface area contributed by atoms with Gasteiger partial charge in [0.1, 0.15) is 11.9 Å². The Bertz CT molecular complexity index is 845. The second-order valence-corrected chi connectivity index (χ2v) is 10.9. The first-order valence-corrected chi connectivity index (χ1v) is 11.4. The molecule has 0 saturated heterocycles. The highest BCUT2D eigenvalue weighted by molar-refractivity contribution is 5.30. The van der Waals surface area contributed by atoms with E-state index in [-0.39, 0.29) is 17.4 Å². The van der Waals surface area contributed by atoms with Crippen LogP contribution in [0, 0.1) is 28.6 Å². The summed E-state index contributed by atoms with van der Waals surface area (Å²) < 4.78 is 5.08.